The Bertz CT molecular complexity index is 1820. The second kappa shape index (κ2) is 8.65. The van der Waals surface area contributed by atoms with Crippen LogP contribution in [0.4, 0.5) is 13.2 Å². The number of aromatic nitrogens is 4. The molecule has 0 bridgehead atoms. The van der Waals surface area contributed by atoms with Crippen LogP contribution in [0.2, 0.25) is 0 Å². The Morgan fingerprint density at radius 3 is 2.58 bits per heavy atom. The fourth-order valence-electron chi connectivity index (χ4n) is 6.04. The van der Waals surface area contributed by atoms with Crippen molar-refractivity contribution in [3.05, 3.63) is 89.5 Å². The number of pyridine rings is 1. The van der Waals surface area contributed by atoms with Crippen molar-refractivity contribution in [1.82, 2.24) is 9.38 Å². The maximum absolute atomic E-state index is 15.9. The Morgan fingerprint density at radius 1 is 1.08 bits per heavy atom. The zero-order valence-electron chi connectivity index (χ0n) is 21.1. The number of fused-ring (bicyclic) bond motifs is 3. The van der Waals surface area contributed by atoms with Crippen molar-refractivity contribution in [2.24, 2.45) is 0 Å². The molecule has 0 fully saturated rings. The van der Waals surface area contributed by atoms with E-state index in [9.17, 15) is 9.18 Å². The van der Waals surface area contributed by atoms with Crippen LogP contribution in [0, 0.1) is 17.6 Å². The largest absolute Gasteiger partial charge is 0.461 e. The first-order valence-corrected chi connectivity index (χ1v) is 12.4. The molecule has 0 amide bonds. The van der Waals surface area contributed by atoms with E-state index in [1.54, 1.807) is 17.0 Å². The second-order valence-electron chi connectivity index (χ2n) is 9.55. The Hall–Kier alpha value is -4.27. The third-order valence-electron chi connectivity index (χ3n) is 7.87. The topological polar surface area (TPSA) is 51.4 Å². The minimum Gasteiger partial charge on any atom is -0.461 e. The molecule has 38 heavy (non-hydrogen) atoms. The standard InChI is InChI=1S/C29H25F3N4O2/c1-4-29(5-2)18(15-34-9-8-33-14-24(34)28(37)38-3)10-17-11-20(31)13-22-21-12-19(30)6-7-23(21)36-25(32)16-35(29)27(36)26(17)22/h6-14,16H,4-5,15H2,1-3H3/q+2. The monoisotopic (exact) mass is 518 g/mol. The predicted molar refractivity (Wildman–Crippen MR) is 135 cm³/mol. The average molecular weight is 519 g/mol. The highest BCUT2D eigenvalue weighted by Crippen LogP contribution is 2.40. The van der Waals surface area contributed by atoms with Gasteiger partial charge in [0.15, 0.2) is 18.9 Å². The zero-order valence-corrected chi connectivity index (χ0v) is 21.1. The summed E-state index contributed by atoms with van der Waals surface area (Å²) in [7, 11) is 1.30. The number of ether oxygens (including phenoxy) is 1. The lowest BCUT2D eigenvalue weighted by molar-refractivity contribution is -0.745. The highest BCUT2D eigenvalue weighted by molar-refractivity contribution is 6.14. The molecule has 0 saturated heterocycles. The van der Waals surface area contributed by atoms with Gasteiger partial charge in [0.2, 0.25) is 0 Å². The van der Waals surface area contributed by atoms with E-state index < -0.39 is 29.1 Å². The molecule has 6 nitrogen and oxygen atoms in total. The number of nitrogens with zero attached hydrogens (tertiary/aromatic N) is 4. The van der Waals surface area contributed by atoms with Crippen molar-refractivity contribution < 1.29 is 31.8 Å². The van der Waals surface area contributed by atoms with Gasteiger partial charge in [-0.05, 0) is 54.8 Å². The molecule has 3 aromatic heterocycles. The predicted octanol–water partition coefficient (Wildman–Crippen LogP) is 5.03. The molecule has 0 radical (unpaired) electrons. The summed E-state index contributed by atoms with van der Waals surface area (Å²) >= 11 is 0. The maximum atomic E-state index is 15.9. The molecule has 0 spiro atoms. The van der Waals surface area contributed by atoms with Crippen molar-refractivity contribution >= 4 is 39.4 Å². The van der Waals surface area contributed by atoms with E-state index in [0.29, 0.717) is 45.7 Å². The van der Waals surface area contributed by atoms with Crippen LogP contribution in [0.25, 0.3) is 33.4 Å². The minimum atomic E-state index is -0.713. The summed E-state index contributed by atoms with van der Waals surface area (Å²) in [6.45, 7) is 4.30. The number of allylic oxidation sites excluding steroid dienone is 1. The number of carbonyl (C=O) groups is 1. The summed E-state index contributed by atoms with van der Waals surface area (Å²) in [6.07, 6.45) is 9.26. The van der Waals surface area contributed by atoms with Gasteiger partial charge >= 0.3 is 17.6 Å². The Labute approximate surface area is 216 Å². The highest BCUT2D eigenvalue weighted by Gasteiger charge is 2.45. The molecule has 0 N–H and O–H groups in total. The molecular formula is C29H25F3N4O2+2. The highest BCUT2D eigenvalue weighted by atomic mass is 19.1. The third kappa shape index (κ3) is 3.27. The van der Waals surface area contributed by atoms with Crippen LogP contribution in [0.3, 0.4) is 0 Å². The molecule has 4 heterocycles. The quantitative estimate of drug-likeness (QED) is 0.186. The van der Waals surface area contributed by atoms with Gasteiger partial charge in [0.25, 0.3) is 5.65 Å². The molecule has 0 saturated carbocycles. The SMILES string of the molecule is CCC1(CC)C(C[n+]2ccncc2C(=O)OC)=Cc2cc(F)cc3c4cc(F)ccc4n4c(F)c[n+]1c4c23. The molecule has 5 aromatic rings. The van der Waals surface area contributed by atoms with Crippen LogP contribution in [0.5, 0.6) is 0 Å². The first kappa shape index (κ1) is 24.1. The van der Waals surface area contributed by atoms with Crippen LogP contribution in [0.1, 0.15) is 42.7 Å². The Balaban J connectivity index is 1.76. The van der Waals surface area contributed by atoms with Crippen LogP contribution >= 0.6 is 0 Å². The second-order valence-corrected chi connectivity index (χ2v) is 9.55. The van der Waals surface area contributed by atoms with E-state index in [1.807, 2.05) is 24.5 Å². The zero-order chi connectivity index (χ0) is 26.8. The summed E-state index contributed by atoms with van der Waals surface area (Å²) < 4.78 is 55.4. The summed E-state index contributed by atoms with van der Waals surface area (Å²) in [4.78, 5) is 16.6. The van der Waals surface area contributed by atoms with E-state index >= 15 is 8.78 Å². The van der Waals surface area contributed by atoms with Crippen LogP contribution in [-0.4, -0.2) is 22.5 Å². The molecule has 2 aromatic carbocycles. The summed E-state index contributed by atoms with van der Waals surface area (Å²) in [5, 5.41) is 1.55. The van der Waals surface area contributed by atoms with E-state index in [1.165, 1.54) is 54.2 Å². The van der Waals surface area contributed by atoms with E-state index in [-0.39, 0.29) is 12.2 Å². The maximum Gasteiger partial charge on any atom is 0.405 e. The molecule has 0 unspecified atom stereocenters. The van der Waals surface area contributed by atoms with Gasteiger partial charge < -0.3 is 4.74 Å². The summed E-state index contributed by atoms with van der Waals surface area (Å²) in [5.41, 5.74) is 1.95. The molecule has 9 heteroatoms. The van der Waals surface area contributed by atoms with Gasteiger partial charge in [-0.25, -0.2) is 18.1 Å². The Kier molecular flexibility index (Phi) is 5.48. The first-order valence-electron chi connectivity index (χ1n) is 12.4. The Morgan fingerprint density at radius 2 is 1.84 bits per heavy atom. The van der Waals surface area contributed by atoms with Gasteiger partial charge in [0.05, 0.1) is 18.7 Å². The minimum absolute atomic E-state index is 0.251. The fraction of sp³-hybridized carbons (Fsp3) is 0.241. The van der Waals surface area contributed by atoms with Crippen molar-refractivity contribution in [2.75, 3.05) is 7.11 Å². The number of esters is 1. The lowest BCUT2D eigenvalue weighted by Gasteiger charge is -2.30. The van der Waals surface area contributed by atoms with Crippen molar-refractivity contribution in [1.29, 1.82) is 0 Å². The number of halogens is 3. The van der Waals surface area contributed by atoms with Crippen molar-refractivity contribution in [3.63, 3.8) is 0 Å². The van der Waals surface area contributed by atoms with Gasteiger partial charge in [-0.15, -0.1) is 0 Å². The molecule has 6 rings (SSSR count). The van der Waals surface area contributed by atoms with Gasteiger partial charge in [0.1, 0.15) is 28.9 Å². The van der Waals surface area contributed by atoms with Gasteiger partial charge in [-0.2, -0.15) is 13.4 Å². The number of benzene rings is 2. The smallest absolute Gasteiger partial charge is 0.405 e. The van der Waals surface area contributed by atoms with Crippen LogP contribution in [-0.2, 0) is 16.8 Å². The average Bonchev–Trinajstić information content (AvgIpc) is 3.21. The van der Waals surface area contributed by atoms with E-state index in [2.05, 4.69) is 4.98 Å². The summed E-state index contributed by atoms with van der Waals surface area (Å²) in [5.74, 6) is -2.02. The van der Waals surface area contributed by atoms with E-state index in [0.717, 1.165) is 5.57 Å². The fourth-order valence-corrected chi connectivity index (χ4v) is 6.04. The molecule has 192 valence electrons. The van der Waals surface area contributed by atoms with Crippen molar-refractivity contribution in [3.8, 4) is 0 Å². The third-order valence-corrected chi connectivity index (χ3v) is 7.87. The number of rotatable bonds is 5. The van der Waals surface area contributed by atoms with Gasteiger partial charge in [-0.1, -0.05) is 13.8 Å². The molecule has 1 aliphatic heterocycles. The number of carbonyl (C=O) groups excluding carboxylic acids is 1. The molecule has 0 aliphatic carbocycles. The molecular weight excluding hydrogens is 493 g/mol. The lowest BCUT2D eigenvalue weighted by Crippen LogP contribution is -2.58. The molecule has 0 atom stereocenters. The number of hydrogen-bond donors (Lipinski definition) is 0. The number of methoxy groups -OCH3 is 1. The van der Waals surface area contributed by atoms with Crippen molar-refractivity contribution in [2.45, 2.75) is 38.8 Å². The first-order chi connectivity index (χ1) is 18.3. The molecule has 1 aliphatic rings. The van der Waals surface area contributed by atoms with Crippen LogP contribution < -0.4 is 9.13 Å². The van der Waals surface area contributed by atoms with Gasteiger partial charge in [-0.3, -0.25) is 4.98 Å². The summed E-state index contributed by atoms with van der Waals surface area (Å²) in [6, 6.07) is 6.91. The normalized spacial score (nSPS) is 14.3. The number of imidazole rings is 1. The van der Waals surface area contributed by atoms with Crippen LogP contribution in [0.15, 0.2) is 60.7 Å². The lowest BCUT2D eigenvalue weighted by atomic mass is 9.83. The number of hydrogen-bond acceptors (Lipinski definition) is 3. The van der Waals surface area contributed by atoms with E-state index in [4.69, 9.17) is 4.74 Å². The van der Waals surface area contributed by atoms with Gasteiger partial charge in [0, 0.05) is 16.3 Å².